The van der Waals surface area contributed by atoms with Gasteiger partial charge in [-0.3, -0.25) is 4.98 Å². The van der Waals surface area contributed by atoms with Crippen molar-refractivity contribution >= 4 is 29.0 Å². The maximum absolute atomic E-state index is 5.32. The highest BCUT2D eigenvalue weighted by Crippen LogP contribution is 2.57. The lowest BCUT2D eigenvalue weighted by molar-refractivity contribution is 0.703. The summed E-state index contributed by atoms with van der Waals surface area (Å²) in [5.41, 5.74) is 20.1. The standard InChI is InChI=1S/C44H41N3/c1-5-28-14-6-7-17-32(28)42-41(36-24-25-46-27-39(36)45-4)40-31(21-13-22-37(40)44(42,2)3)29-15-12-16-30(26-29)43-35-20-9-8-18-33(35)34-19-10-11-23-38(34)47-43/h6-7,9,11-17,20-27,45H,5,8,10,18-19H2,1-4H3. The molecule has 0 fully saturated rings. The van der Waals surface area contributed by atoms with Crippen LogP contribution in [0.3, 0.4) is 0 Å². The van der Waals surface area contributed by atoms with Crippen LogP contribution in [-0.2, 0) is 24.7 Å². The Balaban J connectivity index is 1.39. The first kappa shape index (κ1) is 29.4. The summed E-state index contributed by atoms with van der Waals surface area (Å²) < 4.78 is 0. The molecule has 0 radical (unpaired) electrons. The molecule has 3 aromatic carbocycles. The van der Waals surface area contributed by atoms with Crippen molar-refractivity contribution < 1.29 is 0 Å². The van der Waals surface area contributed by atoms with Crippen LogP contribution in [0.4, 0.5) is 5.69 Å². The van der Waals surface area contributed by atoms with E-state index in [1.165, 1.54) is 72.3 Å². The molecule has 0 aliphatic heterocycles. The number of hydrogen-bond acceptors (Lipinski definition) is 3. The van der Waals surface area contributed by atoms with Gasteiger partial charge in [-0.2, -0.15) is 0 Å². The van der Waals surface area contributed by atoms with Crippen molar-refractivity contribution in [1.82, 2.24) is 9.97 Å². The van der Waals surface area contributed by atoms with Crippen molar-refractivity contribution in [3.05, 3.63) is 148 Å². The third kappa shape index (κ3) is 4.71. The summed E-state index contributed by atoms with van der Waals surface area (Å²) in [6.07, 6.45) is 18.4. The summed E-state index contributed by atoms with van der Waals surface area (Å²) in [4.78, 5) is 9.82. The Morgan fingerprint density at radius 3 is 2.40 bits per heavy atom. The van der Waals surface area contributed by atoms with Gasteiger partial charge < -0.3 is 5.32 Å². The molecule has 0 unspecified atom stereocenters. The molecule has 1 N–H and O–H groups in total. The molecule has 2 aromatic heterocycles. The third-order valence-electron chi connectivity index (χ3n) is 10.5. The number of pyridine rings is 2. The van der Waals surface area contributed by atoms with Crippen molar-refractivity contribution in [3.8, 4) is 22.4 Å². The fourth-order valence-corrected chi connectivity index (χ4v) is 8.28. The van der Waals surface area contributed by atoms with Gasteiger partial charge in [-0.05, 0) is 106 Å². The first-order chi connectivity index (χ1) is 23.0. The highest BCUT2D eigenvalue weighted by atomic mass is 14.8. The molecular weight excluding hydrogens is 571 g/mol. The van der Waals surface area contributed by atoms with Gasteiger partial charge in [-0.15, -0.1) is 0 Å². The minimum Gasteiger partial charge on any atom is -0.386 e. The third-order valence-corrected chi connectivity index (χ3v) is 10.5. The van der Waals surface area contributed by atoms with E-state index in [4.69, 9.17) is 4.98 Å². The van der Waals surface area contributed by atoms with E-state index in [2.05, 4.69) is 128 Å². The first-order valence-electron chi connectivity index (χ1n) is 17.1. The van der Waals surface area contributed by atoms with Crippen LogP contribution in [0.25, 0.3) is 45.7 Å². The Bertz CT molecular complexity index is 2140. The van der Waals surface area contributed by atoms with E-state index in [1.807, 2.05) is 19.4 Å². The number of benzene rings is 3. The summed E-state index contributed by atoms with van der Waals surface area (Å²) in [6.45, 7) is 7.05. The van der Waals surface area contributed by atoms with Crippen LogP contribution in [0.1, 0.15) is 83.8 Å². The number of nitrogens with one attached hydrogen (secondary N) is 1. The molecule has 2 heterocycles. The zero-order chi connectivity index (χ0) is 32.1. The van der Waals surface area contributed by atoms with Gasteiger partial charge in [0.25, 0.3) is 0 Å². The second-order valence-corrected chi connectivity index (χ2v) is 13.5. The molecule has 0 bridgehead atoms. The fraction of sp³-hybridized carbons (Fsp3) is 0.227. The SMILES string of the molecule is CCc1ccccc1C1=C(c2ccncc2NC)c2c(-c3cccc(-c4nc5c(c6c4C=CCC6)CCC=C5)c3)cccc2C1(C)C. The van der Waals surface area contributed by atoms with E-state index in [-0.39, 0.29) is 5.41 Å². The van der Waals surface area contributed by atoms with Gasteiger partial charge in [-0.25, -0.2) is 4.98 Å². The Kier molecular flexibility index (Phi) is 7.28. The van der Waals surface area contributed by atoms with E-state index >= 15 is 0 Å². The van der Waals surface area contributed by atoms with Crippen LogP contribution in [0, 0.1) is 0 Å². The highest BCUT2D eigenvalue weighted by molar-refractivity contribution is 6.12. The number of hydrogen-bond donors (Lipinski definition) is 1. The predicted octanol–water partition coefficient (Wildman–Crippen LogP) is 10.6. The van der Waals surface area contributed by atoms with E-state index in [1.54, 1.807) is 0 Å². The van der Waals surface area contributed by atoms with Crippen LogP contribution in [-0.4, -0.2) is 17.0 Å². The summed E-state index contributed by atoms with van der Waals surface area (Å²) in [6, 6.07) is 27.1. The average molecular weight is 612 g/mol. The summed E-state index contributed by atoms with van der Waals surface area (Å²) in [5.74, 6) is 0. The van der Waals surface area contributed by atoms with E-state index in [9.17, 15) is 0 Å². The quantitative estimate of drug-likeness (QED) is 0.208. The first-order valence-corrected chi connectivity index (χ1v) is 17.1. The summed E-state index contributed by atoms with van der Waals surface area (Å²) in [5, 5.41) is 3.46. The molecule has 3 aliphatic carbocycles. The van der Waals surface area contributed by atoms with Crippen molar-refractivity contribution in [2.24, 2.45) is 0 Å². The summed E-state index contributed by atoms with van der Waals surface area (Å²) in [7, 11) is 1.99. The summed E-state index contributed by atoms with van der Waals surface area (Å²) >= 11 is 0. The molecule has 0 saturated heterocycles. The Labute approximate surface area is 278 Å². The lowest BCUT2D eigenvalue weighted by atomic mass is 9.76. The number of anilines is 1. The molecule has 0 atom stereocenters. The molecule has 0 amide bonds. The number of fused-ring (bicyclic) bond motifs is 4. The average Bonchev–Trinajstić information content (AvgIpc) is 3.37. The minimum absolute atomic E-state index is 0.214. The van der Waals surface area contributed by atoms with Gasteiger partial charge >= 0.3 is 0 Å². The topological polar surface area (TPSA) is 37.8 Å². The molecule has 47 heavy (non-hydrogen) atoms. The fourth-order valence-electron chi connectivity index (χ4n) is 8.28. The van der Waals surface area contributed by atoms with Gasteiger partial charge in [0, 0.05) is 35.3 Å². The van der Waals surface area contributed by atoms with Crippen LogP contribution in [0.2, 0.25) is 0 Å². The maximum Gasteiger partial charge on any atom is 0.0784 e. The van der Waals surface area contributed by atoms with Crippen molar-refractivity contribution in [2.75, 3.05) is 12.4 Å². The van der Waals surface area contributed by atoms with Crippen LogP contribution >= 0.6 is 0 Å². The number of nitrogens with zero attached hydrogens (tertiary/aromatic N) is 2. The predicted molar refractivity (Wildman–Crippen MR) is 198 cm³/mol. The molecule has 0 saturated carbocycles. The Hall–Kier alpha value is -5.02. The van der Waals surface area contributed by atoms with Crippen LogP contribution in [0.5, 0.6) is 0 Å². The van der Waals surface area contributed by atoms with Gasteiger partial charge in [-0.1, -0.05) is 99.7 Å². The van der Waals surface area contributed by atoms with Gasteiger partial charge in [0.05, 0.1) is 23.3 Å². The van der Waals surface area contributed by atoms with Gasteiger partial charge in [0.1, 0.15) is 0 Å². The van der Waals surface area contributed by atoms with Gasteiger partial charge in [0.15, 0.2) is 0 Å². The molecule has 0 spiro atoms. The normalized spacial score (nSPS) is 15.7. The lowest BCUT2D eigenvalue weighted by Gasteiger charge is -2.27. The number of allylic oxidation sites excluding steroid dienone is 3. The monoisotopic (exact) mass is 611 g/mol. The molecule has 3 aliphatic rings. The largest absolute Gasteiger partial charge is 0.386 e. The van der Waals surface area contributed by atoms with E-state index in [0.29, 0.717) is 0 Å². The van der Waals surface area contributed by atoms with E-state index in [0.717, 1.165) is 49.2 Å². The maximum atomic E-state index is 5.32. The second-order valence-electron chi connectivity index (χ2n) is 13.5. The molecule has 3 nitrogen and oxygen atoms in total. The molecule has 8 rings (SSSR count). The van der Waals surface area contributed by atoms with Crippen LogP contribution in [0.15, 0.2) is 97.3 Å². The zero-order valence-electron chi connectivity index (χ0n) is 27.8. The lowest BCUT2D eigenvalue weighted by Crippen LogP contribution is -2.17. The minimum atomic E-state index is -0.214. The van der Waals surface area contributed by atoms with Crippen molar-refractivity contribution in [2.45, 2.75) is 58.3 Å². The molecule has 3 heteroatoms. The number of rotatable bonds is 6. The molecule has 5 aromatic rings. The molecule has 232 valence electrons. The Morgan fingerprint density at radius 1 is 0.787 bits per heavy atom. The second kappa shape index (κ2) is 11.7. The number of aryl methyl sites for hydroxylation is 1. The number of aromatic nitrogens is 2. The zero-order valence-corrected chi connectivity index (χ0v) is 27.8. The Morgan fingerprint density at radius 2 is 1.55 bits per heavy atom. The van der Waals surface area contributed by atoms with E-state index < -0.39 is 0 Å². The smallest absolute Gasteiger partial charge is 0.0784 e. The van der Waals surface area contributed by atoms with Crippen molar-refractivity contribution in [1.29, 1.82) is 0 Å². The van der Waals surface area contributed by atoms with Crippen molar-refractivity contribution in [3.63, 3.8) is 0 Å². The highest BCUT2D eigenvalue weighted by Gasteiger charge is 2.41. The van der Waals surface area contributed by atoms with Crippen LogP contribution < -0.4 is 5.32 Å². The molecular formula is C44H41N3. The van der Waals surface area contributed by atoms with Gasteiger partial charge in [0.2, 0.25) is 0 Å².